The van der Waals surface area contributed by atoms with Crippen molar-refractivity contribution in [1.29, 1.82) is 0 Å². The predicted octanol–water partition coefficient (Wildman–Crippen LogP) is 2.98. The summed E-state index contributed by atoms with van der Waals surface area (Å²) in [4.78, 5) is 0. The minimum Gasteiger partial charge on any atom is -0.447 e. The van der Waals surface area contributed by atoms with Gasteiger partial charge in [0.25, 0.3) is 10.0 Å². The number of sulfonamides is 1. The molecule has 1 aromatic heterocycles. The minimum absolute atomic E-state index is 0.00256. The van der Waals surface area contributed by atoms with Crippen LogP contribution >= 0.6 is 0 Å². The Hall–Kier alpha value is -0.850. The van der Waals surface area contributed by atoms with Gasteiger partial charge < -0.3 is 9.73 Å². The Morgan fingerprint density at radius 2 is 1.76 bits per heavy atom. The summed E-state index contributed by atoms with van der Waals surface area (Å²) in [5.41, 5.74) is -0.498. The maximum atomic E-state index is 12.6. The normalized spacial score (nSPS) is 13.9. The van der Waals surface area contributed by atoms with E-state index in [4.69, 9.17) is 4.42 Å². The van der Waals surface area contributed by atoms with E-state index >= 15 is 0 Å². The Morgan fingerprint density at radius 3 is 2.24 bits per heavy atom. The van der Waals surface area contributed by atoms with Crippen molar-refractivity contribution < 1.29 is 12.8 Å². The van der Waals surface area contributed by atoms with Crippen LogP contribution in [0.4, 0.5) is 0 Å². The lowest BCUT2D eigenvalue weighted by molar-refractivity contribution is 0.249. The highest BCUT2D eigenvalue weighted by molar-refractivity contribution is 7.89. The average Bonchev–Trinajstić information content (AvgIpc) is 2.84. The zero-order valence-corrected chi connectivity index (χ0v) is 15.0. The zero-order valence-electron chi connectivity index (χ0n) is 14.1. The van der Waals surface area contributed by atoms with Gasteiger partial charge in [-0.15, -0.1) is 0 Å². The standard InChI is InChI=1S/C15H28N2O3S/c1-8-15(5,6)17(7)21(18,19)13-10-9-12(20-13)11-16-14(2,3)4/h9-10,16H,8,11H2,1-7H3. The van der Waals surface area contributed by atoms with E-state index in [2.05, 4.69) is 5.32 Å². The molecule has 0 aliphatic heterocycles. The molecule has 0 unspecified atom stereocenters. The van der Waals surface area contributed by atoms with Crippen molar-refractivity contribution in [2.24, 2.45) is 0 Å². The van der Waals surface area contributed by atoms with Crippen molar-refractivity contribution in [2.75, 3.05) is 7.05 Å². The molecule has 0 aromatic carbocycles. The van der Waals surface area contributed by atoms with Gasteiger partial charge in [0, 0.05) is 18.1 Å². The maximum absolute atomic E-state index is 12.6. The number of nitrogens with zero attached hydrogens (tertiary/aromatic N) is 1. The van der Waals surface area contributed by atoms with E-state index in [9.17, 15) is 8.42 Å². The minimum atomic E-state index is -3.60. The van der Waals surface area contributed by atoms with E-state index in [0.717, 1.165) is 6.42 Å². The summed E-state index contributed by atoms with van der Waals surface area (Å²) in [6.45, 7) is 12.4. The molecular formula is C15H28N2O3S. The third kappa shape index (κ3) is 4.56. The average molecular weight is 316 g/mol. The molecule has 0 radical (unpaired) electrons. The molecule has 1 aromatic rings. The summed E-state index contributed by atoms with van der Waals surface area (Å²) in [5.74, 6) is 0.617. The van der Waals surface area contributed by atoms with Gasteiger partial charge in [-0.05, 0) is 53.2 Å². The first-order valence-corrected chi connectivity index (χ1v) is 8.67. The summed E-state index contributed by atoms with van der Waals surface area (Å²) in [7, 11) is -2.01. The smallest absolute Gasteiger partial charge is 0.276 e. The molecular weight excluding hydrogens is 288 g/mol. The first-order valence-electron chi connectivity index (χ1n) is 7.23. The first-order chi connectivity index (χ1) is 9.40. The topological polar surface area (TPSA) is 62.6 Å². The van der Waals surface area contributed by atoms with Crippen molar-refractivity contribution in [3.8, 4) is 0 Å². The molecule has 122 valence electrons. The summed E-state index contributed by atoms with van der Waals surface area (Å²) < 4.78 is 32.0. The van der Waals surface area contributed by atoms with Gasteiger partial charge in [-0.1, -0.05) is 6.92 Å². The Bertz CT molecular complexity index is 568. The van der Waals surface area contributed by atoms with Crippen molar-refractivity contribution in [1.82, 2.24) is 9.62 Å². The second-order valence-corrected chi connectivity index (χ2v) is 8.86. The van der Waals surface area contributed by atoms with Crippen LogP contribution in [0.3, 0.4) is 0 Å². The third-order valence-electron chi connectivity index (χ3n) is 3.76. The molecule has 0 aliphatic carbocycles. The monoisotopic (exact) mass is 316 g/mol. The van der Waals surface area contributed by atoms with Gasteiger partial charge in [0.15, 0.2) is 0 Å². The van der Waals surface area contributed by atoms with E-state index < -0.39 is 15.6 Å². The van der Waals surface area contributed by atoms with Crippen LogP contribution in [-0.2, 0) is 16.6 Å². The molecule has 0 bridgehead atoms. The van der Waals surface area contributed by atoms with E-state index in [-0.39, 0.29) is 10.6 Å². The number of nitrogens with one attached hydrogen (secondary N) is 1. The molecule has 5 nitrogen and oxygen atoms in total. The molecule has 1 heterocycles. The van der Waals surface area contributed by atoms with E-state index in [1.807, 2.05) is 41.5 Å². The highest BCUT2D eigenvalue weighted by Gasteiger charge is 2.34. The number of furan rings is 1. The lowest BCUT2D eigenvalue weighted by atomic mass is 10.0. The largest absolute Gasteiger partial charge is 0.447 e. The molecule has 0 fully saturated rings. The van der Waals surface area contributed by atoms with Crippen LogP contribution in [0, 0.1) is 0 Å². The number of hydrogen-bond acceptors (Lipinski definition) is 4. The molecule has 0 spiro atoms. The fourth-order valence-electron chi connectivity index (χ4n) is 1.63. The molecule has 0 saturated heterocycles. The van der Waals surface area contributed by atoms with Crippen LogP contribution in [0.2, 0.25) is 0 Å². The Morgan fingerprint density at radius 1 is 1.19 bits per heavy atom. The highest BCUT2D eigenvalue weighted by atomic mass is 32.2. The Kier molecular flexibility index (Phi) is 5.29. The second-order valence-electron chi connectivity index (χ2n) is 6.96. The predicted molar refractivity (Wildman–Crippen MR) is 84.6 cm³/mol. The number of rotatable bonds is 6. The Balaban J connectivity index is 2.94. The summed E-state index contributed by atoms with van der Waals surface area (Å²) in [6, 6.07) is 3.23. The molecule has 0 saturated carbocycles. The Labute approximate surface area is 128 Å². The van der Waals surface area contributed by atoms with E-state index in [1.165, 1.54) is 10.4 Å². The van der Waals surface area contributed by atoms with Crippen molar-refractivity contribution in [2.45, 2.75) is 70.7 Å². The molecule has 21 heavy (non-hydrogen) atoms. The maximum Gasteiger partial charge on any atom is 0.276 e. The van der Waals surface area contributed by atoms with Gasteiger partial charge in [-0.3, -0.25) is 0 Å². The quantitative estimate of drug-likeness (QED) is 0.876. The SMILES string of the molecule is CCC(C)(C)N(C)S(=O)(=O)c1ccc(CNC(C)(C)C)o1. The summed E-state index contributed by atoms with van der Waals surface area (Å²) in [6.07, 6.45) is 0.724. The van der Waals surface area contributed by atoms with Gasteiger partial charge >= 0.3 is 0 Å². The second kappa shape index (κ2) is 6.10. The van der Waals surface area contributed by atoms with Crippen LogP contribution in [0.1, 0.15) is 53.7 Å². The third-order valence-corrected chi connectivity index (χ3v) is 5.71. The summed E-state index contributed by atoms with van der Waals surface area (Å²) >= 11 is 0. The van der Waals surface area contributed by atoms with E-state index in [1.54, 1.807) is 13.1 Å². The van der Waals surface area contributed by atoms with Crippen molar-refractivity contribution >= 4 is 10.0 Å². The van der Waals surface area contributed by atoms with Crippen molar-refractivity contribution in [3.05, 3.63) is 17.9 Å². The first kappa shape index (κ1) is 18.2. The van der Waals surface area contributed by atoms with Gasteiger partial charge in [0.1, 0.15) is 5.76 Å². The molecule has 0 amide bonds. The fourth-order valence-corrected chi connectivity index (χ4v) is 3.13. The van der Waals surface area contributed by atoms with Gasteiger partial charge in [0.2, 0.25) is 5.09 Å². The molecule has 0 atom stereocenters. The van der Waals surface area contributed by atoms with E-state index in [0.29, 0.717) is 12.3 Å². The molecule has 6 heteroatoms. The fraction of sp³-hybridized carbons (Fsp3) is 0.733. The van der Waals surface area contributed by atoms with Gasteiger partial charge in [-0.25, -0.2) is 8.42 Å². The van der Waals surface area contributed by atoms with Crippen LogP contribution in [0.25, 0.3) is 0 Å². The van der Waals surface area contributed by atoms with Crippen LogP contribution in [0.15, 0.2) is 21.6 Å². The highest BCUT2D eigenvalue weighted by Crippen LogP contribution is 2.26. The van der Waals surface area contributed by atoms with Crippen molar-refractivity contribution in [3.63, 3.8) is 0 Å². The van der Waals surface area contributed by atoms with Gasteiger partial charge in [0.05, 0.1) is 6.54 Å². The lowest BCUT2D eigenvalue weighted by Gasteiger charge is -2.32. The lowest BCUT2D eigenvalue weighted by Crippen LogP contribution is -2.44. The number of hydrogen-bond donors (Lipinski definition) is 1. The zero-order chi connectivity index (χ0) is 16.5. The molecule has 0 aliphatic rings. The summed E-state index contributed by atoms with van der Waals surface area (Å²) in [5, 5.41) is 3.27. The molecule has 1 rings (SSSR count). The van der Waals surface area contributed by atoms with Crippen LogP contribution in [-0.4, -0.2) is 30.8 Å². The molecule has 1 N–H and O–H groups in total. The van der Waals surface area contributed by atoms with Gasteiger partial charge in [-0.2, -0.15) is 4.31 Å². The van der Waals surface area contributed by atoms with Crippen LogP contribution < -0.4 is 5.32 Å². The van der Waals surface area contributed by atoms with Crippen LogP contribution in [0.5, 0.6) is 0 Å².